The predicted molar refractivity (Wildman–Crippen MR) is 90.0 cm³/mol. The molecule has 0 radical (unpaired) electrons. The van der Waals surface area contributed by atoms with Gasteiger partial charge in [0.25, 0.3) is 0 Å². The highest BCUT2D eigenvalue weighted by atomic mass is 79.9. The van der Waals surface area contributed by atoms with E-state index in [2.05, 4.69) is 39.4 Å². The number of hydrogen-bond acceptors (Lipinski definition) is 3. The normalized spacial score (nSPS) is 10.4. The van der Waals surface area contributed by atoms with Crippen molar-refractivity contribution in [2.24, 2.45) is 0 Å². The second kappa shape index (κ2) is 8.05. The van der Waals surface area contributed by atoms with Crippen LogP contribution < -0.4 is 10.1 Å². The third kappa shape index (κ3) is 4.48. The molecule has 112 valence electrons. The lowest BCUT2D eigenvalue weighted by molar-refractivity contribution is 0.202. The second-order valence-corrected chi connectivity index (χ2v) is 5.57. The minimum absolute atomic E-state index is 0.724. The zero-order chi connectivity index (χ0) is 15.1. The van der Waals surface area contributed by atoms with Gasteiger partial charge in [-0.2, -0.15) is 0 Å². The van der Waals surface area contributed by atoms with E-state index >= 15 is 0 Å². The van der Waals surface area contributed by atoms with Gasteiger partial charge < -0.3 is 14.8 Å². The van der Waals surface area contributed by atoms with Gasteiger partial charge in [-0.05, 0) is 41.8 Å². The van der Waals surface area contributed by atoms with Gasteiger partial charge in [-0.3, -0.25) is 0 Å². The molecule has 2 rings (SSSR count). The number of anilines is 1. The van der Waals surface area contributed by atoms with E-state index in [1.807, 2.05) is 24.3 Å². The molecule has 3 nitrogen and oxygen atoms in total. The van der Waals surface area contributed by atoms with E-state index in [1.54, 1.807) is 14.2 Å². The molecule has 0 aromatic heterocycles. The highest BCUT2D eigenvalue weighted by molar-refractivity contribution is 9.10. The van der Waals surface area contributed by atoms with E-state index in [1.165, 1.54) is 5.56 Å². The Morgan fingerprint density at radius 1 is 1.05 bits per heavy atom. The Hall–Kier alpha value is -1.52. The number of benzene rings is 2. The molecule has 0 unspecified atom stereocenters. The Morgan fingerprint density at radius 3 is 2.62 bits per heavy atom. The van der Waals surface area contributed by atoms with Gasteiger partial charge in [0.2, 0.25) is 0 Å². The van der Waals surface area contributed by atoms with Crippen LogP contribution in [0.25, 0.3) is 0 Å². The zero-order valence-electron chi connectivity index (χ0n) is 12.4. The van der Waals surface area contributed by atoms with E-state index in [-0.39, 0.29) is 0 Å². The van der Waals surface area contributed by atoms with Gasteiger partial charge >= 0.3 is 0 Å². The number of nitrogens with one attached hydrogen (secondary N) is 1. The maximum Gasteiger partial charge on any atom is 0.119 e. The molecule has 0 fully saturated rings. The van der Waals surface area contributed by atoms with Gasteiger partial charge in [-0.25, -0.2) is 0 Å². The summed E-state index contributed by atoms with van der Waals surface area (Å²) in [6.45, 7) is 1.46. The van der Waals surface area contributed by atoms with Crippen LogP contribution in [0.1, 0.15) is 11.1 Å². The second-order valence-electron chi connectivity index (χ2n) is 4.71. The third-order valence-electron chi connectivity index (χ3n) is 3.32. The number of methoxy groups -OCH3 is 2. The van der Waals surface area contributed by atoms with Gasteiger partial charge in [-0.15, -0.1) is 0 Å². The summed E-state index contributed by atoms with van der Waals surface area (Å²) in [5.74, 6) is 0.864. The third-order valence-corrected chi connectivity index (χ3v) is 4.09. The summed E-state index contributed by atoms with van der Waals surface area (Å²) in [4.78, 5) is 0. The van der Waals surface area contributed by atoms with Crippen LogP contribution in [0.2, 0.25) is 0 Å². The van der Waals surface area contributed by atoms with Crippen LogP contribution in [-0.2, 0) is 17.7 Å². The van der Waals surface area contributed by atoms with Gasteiger partial charge in [-0.1, -0.05) is 34.1 Å². The van der Waals surface area contributed by atoms with E-state index < -0.39 is 0 Å². The first kappa shape index (κ1) is 15.9. The SMILES string of the molecule is COCCc1ccccc1NCc1cc(OC)ccc1Br. The van der Waals surface area contributed by atoms with Crippen molar-refractivity contribution >= 4 is 21.6 Å². The van der Waals surface area contributed by atoms with Crippen molar-refractivity contribution in [2.45, 2.75) is 13.0 Å². The van der Waals surface area contributed by atoms with Gasteiger partial charge in [0.1, 0.15) is 5.75 Å². The Balaban J connectivity index is 2.09. The molecule has 4 heteroatoms. The van der Waals surface area contributed by atoms with Gasteiger partial charge in [0.15, 0.2) is 0 Å². The number of halogens is 1. The molecule has 0 amide bonds. The van der Waals surface area contributed by atoms with Gasteiger partial charge in [0, 0.05) is 23.8 Å². The Morgan fingerprint density at radius 2 is 1.86 bits per heavy atom. The van der Waals surface area contributed by atoms with E-state index in [0.29, 0.717) is 0 Å². The summed E-state index contributed by atoms with van der Waals surface area (Å²) in [6.07, 6.45) is 0.902. The lowest BCUT2D eigenvalue weighted by Gasteiger charge is -2.13. The van der Waals surface area contributed by atoms with Crippen molar-refractivity contribution in [1.29, 1.82) is 0 Å². The first-order valence-corrected chi connectivity index (χ1v) is 7.67. The minimum atomic E-state index is 0.724. The molecule has 1 N–H and O–H groups in total. The molecule has 0 heterocycles. The van der Waals surface area contributed by atoms with Crippen molar-refractivity contribution in [3.63, 3.8) is 0 Å². The zero-order valence-corrected chi connectivity index (χ0v) is 13.9. The fraction of sp³-hybridized carbons (Fsp3) is 0.294. The number of rotatable bonds is 7. The van der Waals surface area contributed by atoms with E-state index in [0.717, 1.165) is 41.0 Å². The molecule has 2 aromatic carbocycles. The average Bonchev–Trinajstić information content (AvgIpc) is 2.53. The molecule has 2 aromatic rings. The molecule has 0 saturated carbocycles. The van der Waals surface area contributed by atoms with Crippen molar-refractivity contribution in [1.82, 2.24) is 0 Å². The minimum Gasteiger partial charge on any atom is -0.497 e. The molecule has 0 saturated heterocycles. The van der Waals surface area contributed by atoms with E-state index in [4.69, 9.17) is 9.47 Å². The maximum atomic E-state index is 5.27. The molecule has 0 bridgehead atoms. The van der Waals surface area contributed by atoms with Crippen molar-refractivity contribution in [3.8, 4) is 5.75 Å². The maximum absolute atomic E-state index is 5.27. The average molecular weight is 350 g/mol. The highest BCUT2D eigenvalue weighted by Gasteiger charge is 2.05. The van der Waals surface area contributed by atoms with Crippen LogP contribution in [0.15, 0.2) is 46.9 Å². The van der Waals surface area contributed by atoms with E-state index in [9.17, 15) is 0 Å². The van der Waals surface area contributed by atoms with Crippen LogP contribution in [0, 0.1) is 0 Å². The van der Waals surface area contributed by atoms with Crippen LogP contribution in [-0.4, -0.2) is 20.8 Å². The summed E-state index contributed by atoms with van der Waals surface area (Å²) >= 11 is 3.58. The lowest BCUT2D eigenvalue weighted by Crippen LogP contribution is -2.05. The van der Waals surface area contributed by atoms with Crippen molar-refractivity contribution in [2.75, 3.05) is 26.1 Å². The summed E-state index contributed by atoms with van der Waals surface area (Å²) in [6, 6.07) is 14.3. The van der Waals surface area contributed by atoms with Gasteiger partial charge in [0.05, 0.1) is 13.7 Å². The standard InChI is InChI=1S/C17H20BrNO2/c1-20-10-9-13-5-3-4-6-17(13)19-12-14-11-15(21-2)7-8-16(14)18/h3-8,11,19H,9-10,12H2,1-2H3. The Labute approximate surface area is 134 Å². The molecule has 0 spiro atoms. The number of hydrogen-bond donors (Lipinski definition) is 1. The summed E-state index contributed by atoms with van der Waals surface area (Å²) in [5, 5.41) is 3.49. The summed E-state index contributed by atoms with van der Waals surface area (Å²) in [5.41, 5.74) is 3.57. The molecule has 0 aliphatic rings. The Bertz CT molecular complexity index is 587. The smallest absolute Gasteiger partial charge is 0.119 e. The molecule has 21 heavy (non-hydrogen) atoms. The summed E-state index contributed by atoms with van der Waals surface area (Å²) < 4.78 is 11.5. The predicted octanol–water partition coefficient (Wildman–Crippen LogP) is 4.26. The molecular weight excluding hydrogens is 330 g/mol. The molecular formula is C17H20BrNO2. The molecule has 0 aliphatic heterocycles. The first-order valence-electron chi connectivity index (χ1n) is 6.87. The first-order chi connectivity index (χ1) is 10.2. The molecule has 0 atom stereocenters. The molecule has 0 aliphatic carbocycles. The number of para-hydroxylation sites is 1. The number of ether oxygens (including phenoxy) is 2. The fourth-order valence-corrected chi connectivity index (χ4v) is 2.51. The van der Waals surface area contributed by atoms with Crippen molar-refractivity contribution in [3.05, 3.63) is 58.1 Å². The Kier molecular flexibility index (Phi) is 6.08. The van der Waals surface area contributed by atoms with Crippen LogP contribution in [0.4, 0.5) is 5.69 Å². The van der Waals surface area contributed by atoms with Crippen LogP contribution in [0.5, 0.6) is 5.75 Å². The highest BCUT2D eigenvalue weighted by Crippen LogP contribution is 2.24. The lowest BCUT2D eigenvalue weighted by atomic mass is 10.1. The van der Waals surface area contributed by atoms with Crippen LogP contribution in [0.3, 0.4) is 0 Å². The van der Waals surface area contributed by atoms with Crippen LogP contribution >= 0.6 is 15.9 Å². The van der Waals surface area contributed by atoms with Crippen molar-refractivity contribution < 1.29 is 9.47 Å². The quantitative estimate of drug-likeness (QED) is 0.809. The monoisotopic (exact) mass is 349 g/mol. The fourth-order valence-electron chi connectivity index (χ4n) is 2.13. The largest absolute Gasteiger partial charge is 0.497 e. The summed E-state index contributed by atoms with van der Waals surface area (Å²) in [7, 11) is 3.41. The topological polar surface area (TPSA) is 30.5 Å².